The summed E-state index contributed by atoms with van der Waals surface area (Å²) in [4.78, 5) is 23.7. The van der Waals surface area contributed by atoms with Gasteiger partial charge in [-0.15, -0.1) is 0 Å². The quantitative estimate of drug-likeness (QED) is 0.0994. The second-order valence-corrected chi connectivity index (χ2v) is 8.18. The van der Waals surface area contributed by atoms with Gasteiger partial charge in [-0.1, -0.05) is 50.3 Å². The smallest absolute Gasteiger partial charge is 0.343 e. The number of aryl methyl sites for hydroxylation is 1. The van der Waals surface area contributed by atoms with Gasteiger partial charge in [0.1, 0.15) is 11.5 Å². The Morgan fingerprint density at radius 3 is 2.28 bits per heavy atom. The lowest BCUT2D eigenvalue weighted by Crippen LogP contribution is -2.10. The van der Waals surface area contributed by atoms with Crippen molar-refractivity contribution >= 4 is 18.2 Å². The van der Waals surface area contributed by atoms with Crippen molar-refractivity contribution in [2.24, 2.45) is 0 Å². The second-order valence-electron chi connectivity index (χ2n) is 8.18. The fourth-order valence-corrected chi connectivity index (χ4v) is 3.56. The number of rotatable bonds is 13. The van der Waals surface area contributed by atoms with Gasteiger partial charge < -0.3 is 19.6 Å². The van der Waals surface area contributed by atoms with Gasteiger partial charge in [0.15, 0.2) is 0 Å². The molecule has 0 heterocycles. The van der Waals surface area contributed by atoms with Crippen LogP contribution in [0.3, 0.4) is 0 Å². The van der Waals surface area contributed by atoms with Crippen LogP contribution in [0.4, 0.5) is 0 Å². The first-order valence-corrected chi connectivity index (χ1v) is 12.0. The summed E-state index contributed by atoms with van der Waals surface area (Å²) in [5, 5.41) is 7.79. The lowest BCUT2D eigenvalue weighted by Gasteiger charge is -2.11. The van der Waals surface area contributed by atoms with E-state index < -0.39 is 11.9 Å². The molecule has 0 saturated heterocycles. The van der Waals surface area contributed by atoms with Gasteiger partial charge in [-0.25, -0.2) is 9.59 Å². The van der Waals surface area contributed by atoms with Crippen molar-refractivity contribution in [2.75, 3.05) is 13.2 Å². The Balaban J connectivity index is 1.55. The van der Waals surface area contributed by atoms with Gasteiger partial charge in [0.05, 0.1) is 18.8 Å². The summed E-state index contributed by atoms with van der Waals surface area (Å²) in [5.74, 6) is 0.0208. The molecule has 0 amide bonds. The van der Waals surface area contributed by atoms with E-state index in [9.17, 15) is 9.59 Å². The number of carbonyl (C=O) groups excluding carboxylic acids is 2. The summed E-state index contributed by atoms with van der Waals surface area (Å²) < 4.78 is 16.2. The molecule has 3 rings (SSSR count). The fourth-order valence-electron chi connectivity index (χ4n) is 3.56. The molecule has 0 spiro atoms. The average Bonchev–Trinajstić information content (AvgIpc) is 2.91. The standard InChI is InChI=1S/C30H31NO5/c1-3-7-22-8-10-23(11-9-22)25-14-17-28(26(20-25)21-31)36-30(33)24-12-15-27(16-13-24)34-18-5-6-19-35-29(32)4-2/h4,8-17,20-21,31H,2-3,5-7,18-19H2,1H3. The summed E-state index contributed by atoms with van der Waals surface area (Å²) in [5.41, 5.74) is 4.20. The van der Waals surface area contributed by atoms with Gasteiger partial charge in [-0.2, -0.15) is 0 Å². The maximum absolute atomic E-state index is 12.7. The van der Waals surface area contributed by atoms with Crippen LogP contribution in [0, 0.1) is 5.41 Å². The zero-order valence-corrected chi connectivity index (χ0v) is 20.5. The topological polar surface area (TPSA) is 85.7 Å². The first-order valence-electron chi connectivity index (χ1n) is 12.0. The third-order valence-corrected chi connectivity index (χ3v) is 5.50. The van der Waals surface area contributed by atoms with E-state index in [1.807, 2.05) is 12.1 Å². The molecule has 0 radical (unpaired) electrons. The van der Waals surface area contributed by atoms with Gasteiger partial charge in [-0.05, 0) is 72.4 Å². The van der Waals surface area contributed by atoms with Crippen molar-refractivity contribution < 1.29 is 23.8 Å². The van der Waals surface area contributed by atoms with Crippen molar-refractivity contribution in [3.8, 4) is 22.6 Å². The highest BCUT2D eigenvalue weighted by Crippen LogP contribution is 2.27. The Labute approximate surface area is 212 Å². The SMILES string of the molecule is C=CC(=O)OCCCCOc1ccc(C(=O)Oc2ccc(-c3ccc(CCC)cc3)cc2C=N)cc1. The summed E-state index contributed by atoms with van der Waals surface area (Å²) in [6.45, 7) is 6.29. The number of hydrogen-bond acceptors (Lipinski definition) is 6. The van der Waals surface area contributed by atoms with E-state index in [2.05, 4.69) is 37.8 Å². The highest BCUT2D eigenvalue weighted by atomic mass is 16.5. The van der Waals surface area contributed by atoms with Gasteiger partial charge >= 0.3 is 11.9 Å². The molecule has 0 bridgehead atoms. The van der Waals surface area contributed by atoms with Crippen LogP contribution in [0.15, 0.2) is 79.4 Å². The summed E-state index contributed by atoms with van der Waals surface area (Å²) in [6.07, 6.45) is 5.87. The minimum Gasteiger partial charge on any atom is -0.494 e. The molecule has 186 valence electrons. The Hall–Kier alpha value is -4.19. The second kappa shape index (κ2) is 13.6. The van der Waals surface area contributed by atoms with E-state index >= 15 is 0 Å². The van der Waals surface area contributed by atoms with Crippen molar-refractivity contribution in [1.82, 2.24) is 0 Å². The summed E-state index contributed by atoms with van der Waals surface area (Å²) in [6, 6.07) is 20.5. The zero-order chi connectivity index (χ0) is 25.8. The predicted octanol–water partition coefficient (Wildman–Crippen LogP) is 6.41. The van der Waals surface area contributed by atoms with Gasteiger partial charge in [0.25, 0.3) is 0 Å². The van der Waals surface area contributed by atoms with E-state index in [0.717, 1.165) is 36.5 Å². The lowest BCUT2D eigenvalue weighted by atomic mass is 10.0. The molecule has 3 aromatic rings. The summed E-state index contributed by atoms with van der Waals surface area (Å²) >= 11 is 0. The molecule has 0 aliphatic carbocycles. The molecule has 0 aliphatic heterocycles. The Bertz CT molecular complexity index is 1180. The summed E-state index contributed by atoms with van der Waals surface area (Å²) in [7, 11) is 0. The lowest BCUT2D eigenvalue weighted by molar-refractivity contribution is -0.137. The highest BCUT2D eigenvalue weighted by Gasteiger charge is 2.13. The van der Waals surface area contributed by atoms with Crippen LogP contribution in [0.25, 0.3) is 11.1 Å². The van der Waals surface area contributed by atoms with E-state index in [1.165, 1.54) is 11.8 Å². The van der Waals surface area contributed by atoms with Crippen LogP contribution in [0.2, 0.25) is 0 Å². The third kappa shape index (κ3) is 7.67. The minimum absolute atomic E-state index is 0.322. The first kappa shape index (κ1) is 26.4. The first-order chi connectivity index (χ1) is 17.5. The average molecular weight is 486 g/mol. The van der Waals surface area contributed by atoms with E-state index in [-0.39, 0.29) is 0 Å². The number of benzene rings is 3. The number of ether oxygens (including phenoxy) is 3. The maximum atomic E-state index is 12.7. The van der Waals surface area contributed by atoms with Crippen LogP contribution in [0.5, 0.6) is 11.5 Å². The number of nitrogens with one attached hydrogen (secondary N) is 1. The van der Waals surface area contributed by atoms with Crippen LogP contribution in [-0.4, -0.2) is 31.4 Å². The molecule has 3 aromatic carbocycles. The van der Waals surface area contributed by atoms with E-state index in [4.69, 9.17) is 19.6 Å². The van der Waals surface area contributed by atoms with Gasteiger partial charge in [0, 0.05) is 17.9 Å². The largest absolute Gasteiger partial charge is 0.494 e. The molecular weight excluding hydrogens is 454 g/mol. The van der Waals surface area contributed by atoms with Crippen LogP contribution < -0.4 is 9.47 Å². The van der Waals surface area contributed by atoms with Crippen LogP contribution >= 0.6 is 0 Å². The van der Waals surface area contributed by atoms with Crippen LogP contribution in [0.1, 0.15) is 47.7 Å². The molecular formula is C30H31NO5. The Kier molecular flexibility index (Phi) is 10.0. The molecule has 1 N–H and O–H groups in total. The molecule has 0 aromatic heterocycles. The van der Waals surface area contributed by atoms with Crippen molar-refractivity contribution in [3.63, 3.8) is 0 Å². The Morgan fingerprint density at radius 2 is 1.61 bits per heavy atom. The van der Waals surface area contributed by atoms with Crippen LogP contribution in [-0.2, 0) is 16.0 Å². The van der Waals surface area contributed by atoms with Crippen molar-refractivity contribution in [3.05, 3.63) is 96.1 Å². The third-order valence-electron chi connectivity index (χ3n) is 5.50. The highest BCUT2D eigenvalue weighted by molar-refractivity contribution is 5.93. The maximum Gasteiger partial charge on any atom is 0.343 e. The molecule has 0 atom stereocenters. The number of unbranched alkanes of at least 4 members (excludes halogenated alkanes) is 1. The molecule has 6 nitrogen and oxygen atoms in total. The normalized spacial score (nSPS) is 10.4. The zero-order valence-electron chi connectivity index (χ0n) is 20.5. The van der Waals surface area contributed by atoms with Crippen molar-refractivity contribution in [1.29, 1.82) is 5.41 Å². The Morgan fingerprint density at radius 1 is 0.917 bits per heavy atom. The van der Waals surface area contributed by atoms with E-state index in [1.54, 1.807) is 30.3 Å². The van der Waals surface area contributed by atoms with Gasteiger partial charge in [-0.3, -0.25) is 0 Å². The molecule has 0 aliphatic rings. The van der Waals surface area contributed by atoms with Crippen molar-refractivity contribution in [2.45, 2.75) is 32.6 Å². The van der Waals surface area contributed by atoms with Gasteiger partial charge in [0.2, 0.25) is 0 Å². The molecule has 6 heteroatoms. The number of esters is 2. The predicted molar refractivity (Wildman–Crippen MR) is 141 cm³/mol. The molecule has 0 fully saturated rings. The fraction of sp³-hybridized carbons (Fsp3) is 0.233. The monoisotopic (exact) mass is 485 g/mol. The molecule has 0 unspecified atom stereocenters. The number of carbonyl (C=O) groups is 2. The number of hydrogen-bond donors (Lipinski definition) is 1. The molecule has 36 heavy (non-hydrogen) atoms. The minimum atomic E-state index is -0.509. The van der Waals surface area contributed by atoms with E-state index in [0.29, 0.717) is 42.3 Å². The molecule has 0 saturated carbocycles.